The number of aryl methyl sites for hydroxylation is 1. The number of aromatic nitrogens is 2. The summed E-state index contributed by atoms with van der Waals surface area (Å²) in [5, 5.41) is 3.50. The number of carbonyl (C=O) groups is 3. The van der Waals surface area contributed by atoms with Crippen LogP contribution in [0.3, 0.4) is 0 Å². The summed E-state index contributed by atoms with van der Waals surface area (Å²) in [5.74, 6) is -0.850. The Morgan fingerprint density at radius 1 is 1.14 bits per heavy atom. The topological polar surface area (TPSA) is 96.8 Å². The minimum atomic E-state index is -0.619. The molecule has 3 aliphatic rings. The first-order chi connectivity index (χ1) is 17.4. The van der Waals surface area contributed by atoms with Gasteiger partial charge in [-0.25, -0.2) is 4.98 Å². The number of benzene rings is 1. The minimum absolute atomic E-state index is 0.167. The smallest absolute Gasteiger partial charge is 0.255 e. The Morgan fingerprint density at radius 2 is 2.00 bits per heavy atom. The fourth-order valence-corrected chi connectivity index (χ4v) is 5.69. The number of methoxy groups -OCH3 is 1. The summed E-state index contributed by atoms with van der Waals surface area (Å²) >= 11 is 0. The van der Waals surface area contributed by atoms with Crippen LogP contribution < -0.4 is 5.32 Å². The number of nitrogens with one attached hydrogen (secondary N) is 1. The molecule has 3 aliphatic heterocycles. The number of rotatable bonds is 5. The van der Waals surface area contributed by atoms with Crippen LogP contribution in [0.25, 0.3) is 22.3 Å². The number of likely N-dealkylation sites (tertiary alicyclic amines) is 1. The lowest BCUT2D eigenvalue weighted by Crippen LogP contribution is -2.52. The van der Waals surface area contributed by atoms with Crippen molar-refractivity contribution < 1.29 is 19.1 Å². The zero-order valence-corrected chi connectivity index (χ0v) is 20.5. The van der Waals surface area contributed by atoms with Crippen LogP contribution >= 0.6 is 0 Å². The molecule has 2 fully saturated rings. The van der Waals surface area contributed by atoms with Crippen molar-refractivity contribution in [3.05, 3.63) is 53.2 Å². The van der Waals surface area contributed by atoms with Crippen molar-refractivity contribution in [1.82, 2.24) is 24.7 Å². The molecule has 1 N–H and O–H groups in total. The van der Waals surface area contributed by atoms with E-state index in [1.807, 2.05) is 36.0 Å². The van der Waals surface area contributed by atoms with Gasteiger partial charge in [0.25, 0.3) is 5.91 Å². The van der Waals surface area contributed by atoms with Gasteiger partial charge in [-0.3, -0.25) is 24.6 Å². The van der Waals surface area contributed by atoms with Gasteiger partial charge in [0.1, 0.15) is 11.7 Å². The number of piperidine rings is 1. The van der Waals surface area contributed by atoms with Gasteiger partial charge in [-0.1, -0.05) is 6.07 Å². The van der Waals surface area contributed by atoms with Gasteiger partial charge in [0.15, 0.2) is 0 Å². The van der Waals surface area contributed by atoms with Gasteiger partial charge in [0, 0.05) is 69.5 Å². The van der Waals surface area contributed by atoms with E-state index in [1.54, 1.807) is 12.0 Å². The summed E-state index contributed by atoms with van der Waals surface area (Å²) in [4.78, 5) is 46.0. The number of imide groups is 1. The first-order valence-corrected chi connectivity index (χ1v) is 12.4. The van der Waals surface area contributed by atoms with E-state index in [2.05, 4.69) is 22.3 Å². The van der Waals surface area contributed by atoms with Crippen LogP contribution in [0.5, 0.6) is 0 Å². The Labute approximate surface area is 209 Å². The monoisotopic (exact) mass is 487 g/mol. The fourth-order valence-electron chi connectivity index (χ4n) is 5.69. The van der Waals surface area contributed by atoms with E-state index in [-0.39, 0.29) is 24.3 Å². The Bertz CT molecular complexity index is 1400. The predicted octanol–water partition coefficient (Wildman–Crippen LogP) is 2.22. The van der Waals surface area contributed by atoms with Crippen LogP contribution in [0.2, 0.25) is 0 Å². The van der Waals surface area contributed by atoms with Gasteiger partial charge in [0.05, 0.1) is 11.8 Å². The van der Waals surface area contributed by atoms with E-state index < -0.39 is 11.9 Å². The molecule has 2 aromatic heterocycles. The average Bonchev–Trinajstić information content (AvgIpc) is 3.57. The number of hydrogen-bond donors (Lipinski definition) is 1. The lowest BCUT2D eigenvalue weighted by atomic mass is 10.0. The summed E-state index contributed by atoms with van der Waals surface area (Å²) in [7, 11) is 3.77. The molecule has 2 saturated heterocycles. The van der Waals surface area contributed by atoms with E-state index in [0.29, 0.717) is 18.5 Å². The Hall–Kier alpha value is -3.56. The second-order valence-electron chi connectivity index (χ2n) is 9.98. The zero-order valence-electron chi connectivity index (χ0n) is 20.5. The standard InChI is InChI=1S/C27H29N5O4/c1-30-9-8-20-18(13-31-10-7-19(15-31)36-2)12-22(28-25(20)30)16-3-4-21-17(11-16)14-32(27(21)35)23-5-6-24(33)29-26(23)34/h3-4,8-9,11-12,19,23H,5-7,10,13-15H2,1-2H3,(H,29,33,34). The van der Waals surface area contributed by atoms with Crippen LogP contribution in [-0.4, -0.2) is 69.4 Å². The molecule has 2 unspecified atom stereocenters. The highest BCUT2D eigenvalue weighted by Crippen LogP contribution is 2.33. The van der Waals surface area contributed by atoms with Crippen LogP contribution in [0.15, 0.2) is 36.5 Å². The maximum atomic E-state index is 13.1. The van der Waals surface area contributed by atoms with Gasteiger partial charge in [-0.05, 0) is 48.2 Å². The van der Waals surface area contributed by atoms with Crippen LogP contribution in [0.4, 0.5) is 0 Å². The van der Waals surface area contributed by atoms with Crippen LogP contribution in [0, 0.1) is 0 Å². The fraction of sp³-hybridized carbons (Fsp3) is 0.407. The zero-order chi connectivity index (χ0) is 25.0. The normalized spacial score (nSPS) is 22.5. The Morgan fingerprint density at radius 3 is 2.78 bits per heavy atom. The molecule has 6 rings (SSSR count). The van der Waals surface area contributed by atoms with Crippen molar-refractivity contribution in [3.63, 3.8) is 0 Å². The number of fused-ring (bicyclic) bond motifs is 2. The molecule has 9 heteroatoms. The molecule has 1 aromatic carbocycles. The van der Waals surface area contributed by atoms with E-state index >= 15 is 0 Å². The SMILES string of the molecule is COC1CCN(Cc2cc(-c3ccc4c(c3)CN(C3CCC(=O)NC3=O)C4=O)nc3c2ccn3C)C1. The summed E-state index contributed by atoms with van der Waals surface area (Å²) in [6, 6.07) is 9.42. The highest BCUT2D eigenvalue weighted by atomic mass is 16.5. The van der Waals surface area contributed by atoms with Gasteiger partial charge < -0.3 is 14.2 Å². The molecule has 0 radical (unpaired) electrons. The summed E-state index contributed by atoms with van der Waals surface area (Å²) in [6.45, 7) is 3.09. The lowest BCUT2D eigenvalue weighted by Gasteiger charge is -2.29. The average molecular weight is 488 g/mol. The number of carbonyl (C=O) groups excluding carboxylic acids is 3. The molecular formula is C27H29N5O4. The van der Waals surface area contributed by atoms with Gasteiger partial charge in [0.2, 0.25) is 11.8 Å². The predicted molar refractivity (Wildman–Crippen MR) is 133 cm³/mol. The Kier molecular flexibility index (Phi) is 5.61. The first kappa shape index (κ1) is 22.9. The largest absolute Gasteiger partial charge is 0.380 e. The number of pyridine rings is 1. The van der Waals surface area contributed by atoms with Crippen LogP contribution in [-0.2, 0) is 34.5 Å². The highest BCUT2D eigenvalue weighted by Gasteiger charge is 2.39. The second kappa shape index (κ2) is 8.83. The first-order valence-electron chi connectivity index (χ1n) is 12.4. The van der Waals surface area contributed by atoms with E-state index in [1.165, 1.54) is 5.56 Å². The van der Waals surface area contributed by atoms with E-state index in [0.717, 1.165) is 53.9 Å². The molecular weight excluding hydrogens is 458 g/mol. The van der Waals surface area contributed by atoms with Crippen molar-refractivity contribution in [2.45, 2.75) is 44.5 Å². The number of nitrogens with zero attached hydrogens (tertiary/aromatic N) is 4. The molecule has 5 heterocycles. The summed E-state index contributed by atoms with van der Waals surface area (Å²) in [5.41, 5.74) is 5.41. The van der Waals surface area contributed by atoms with Crippen molar-refractivity contribution in [2.24, 2.45) is 7.05 Å². The number of ether oxygens (including phenoxy) is 1. The molecule has 0 bridgehead atoms. The Balaban J connectivity index is 1.31. The lowest BCUT2D eigenvalue weighted by molar-refractivity contribution is -0.136. The molecule has 2 atom stereocenters. The third kappa shape index (κ3) is 3.88. The molecule has 0 spiro atoms. The van der Waals surface area contributed by atoms with E-state index in [9.17, 15) is 14.4 Å². The maximum absolute atomic E-state index is 13.1. The molecule has 0 aliphatic carbocycles. The van der Waals surface area contributed by atoms with Gasteiger partial charge in [-0.15, -0.1) is 0 Å². The van der Waals surface area contributed by atoms with E-state index in [4.69, 9.17) is 9.72 Å². The second-order valence-corrected chi connectivity index (χ2v) is 9.98. The van der Waals surface area contributed by atoms with Crippen molar-refractivity contribution >= 4 is 28.8 Å². The van der Waals surface area contributed by atoms with Gasteiger partial charge >= 0.3 is 0 Å². The van der Waals surface area contributed by atoms with Gasteiger partial charge in [-0.2, -0.15) is 0 Å². The molecule has 9 nitrogen and oxygen atoms in total. The van der Waals surface area contributed by atoms with Crippen LogP contribution in [0.1, 0.15) is 40.7 Å². The molecule has 3 aromatic rings. The van der Waals surface area contributed by atoms with Crippen molar-refractivity contribution in [3.8, 4) is 11.3 Å². The molecule has 0 saturated carbocycles. The summed E-state index contributed by atoms with van der Waals surface area (Å²) < 4.78 is 7.58. The molecule has 3 amide bonds. The number of amides is 3. The third-order valence-corrected chi connectivity index (χ3v) is 7.70. The quantitative estimate of drug-likeness (QED) is 0.555. The number of hydrogen-bond acceptors (Lipinski definition) is 6. The minimum Gasteiger partial charge on any atom is -0.380 e. The maximum Gasteiger partial charge on any atom is 0.255 e. The molecule has 186 valence electrons. The summed E-state index contributed by atoms with van der Waals surface area (Å²) in [6.07, 6.45) is 3.94. The van der Waals surface area contributed by atoms with Crippen molar-refractivity contribution in [2.75, 3.05) is 20.2 Å². The van der Waals surface area contributed by atoms with Crippen molar-refractivity contribution in [1.29, 1.82) is 0 Å². The highest BCUT2D eigenvalue weighted by molar-refractivity contribution is 6.05. The molecule has 36 heavy (non-hydrogen) atoms. The third-order valence-electron chi connectivity index (χ3n) is 7.70.